The third-order valence-corrected chi connectivity index (χ3v) is 5.16. The zero-order chi connectivity index (χ0) is 13.3. The number of likely N-dealkylation sites (tertiary alicyclic amines) is 1. The normalized spacial score (nSPS) is 35.8. The number of rotatable bonds is 2. The van der Waals surface area contributed by atoms with Crippen molar-refractivity contribution in [1.29, 1.82) is 0 Å². The molecule has 1 saturated carbocycles. The van der Waals surface area contributed by atoms with Gasteiger partial charge in [0, 0.05) is 12.5 Å². The van der Waals surface area contributed by atoms with Crippen LogP contribution < -0.4 is 0 Å². The molecule has 2 fully saturated rings. The van der Waals surface area contributed by atoms with Crippen LogP contribution in [0, 0.1) is 17.3 Å². The first-order valence-electron chi connectivity index (χ1n) is 7.38. The summed E-state index contributed by atoms with van der Waals surface area (Å²) in [6, 6.07) is 0.0511. The van der Waals surface area contributed by atoms with Gasteiger partial charge in [-0.25, -0.2) is 0 Å². The van der Waals surface area contributed by atoms with Crippen LogP contribution in [0.15, 0.2) is 0 Å². The van der Waals surface area contributed by atoms with Crippen molar-refractivity contribution in [1.82, 2.24) is 4.90 Å². The number of hydrogen-bond acceptors (Lipinski definition) is 2. The second-order valence-electron chi connectivity index (χ2n) is 6.83. The molecule has 0 aromatic carbocycles. The van der Waals surface area contributed by atoms with E-state index in [1.165, 1.54) is 12.8 Å². The summed E-state index contributed by atoms with van der Waals surface area (Å²) in [5.74, 6) is 0.888. The minimum atomic E-state index is 0.0511. The lowest BCUT2D eigenvalue weighted by atomic mass is 9.68. The van der Waals surface area contributed by atoms with Gasteiger partial charge in [0.05, 0.1) is 12.6 Å². The van der Waals surface area contributed by atoms with Crippen molar-refractivity contribution in [2.24, 2.45) is 17.3 Å². The molecule has 2 aliphatic rings. The van der Waals surface area contributed by atoms with Gasteiger partial charge in [0.1, 0.15) is 0 Å². The third-order valence-electron chi connectivity index (χ3n) is 5.16. The molecule has 1 aliphatic heterocycles. The summed E-state index contributed by atoms with van der Waals surface area (Å²) in [5, 5.41) is 9.49. The summed E-state index contributed by atoms with van der Waals surface area (Å²) >= 11 is 0. The van der Waals surface area contributed by atoms with E-state index < -0.39 is 0 Å². The molecule has 0 radical (unpaired) electrons. The van der Waals surface area contributed by atoms with Crippen LogP contribution in [0.25, 0.3) is 0 Å². The maximum Gasteiger partial charge on any atom is 0.226 e. The topological polar surface area (TPSA) is 40.5 Å². The van der Waals surface area contributed by atoms with Crippen molar-refractivity contribution < 1.29 is 9.90 Å². The maximum absolute atomic E-state index is 12.7. The molecule has 3 unspecified atom stereocenters. The highest BCUT2D eigenvalue weighted by atomic mass is 16.3. The SMILES string of the molecule is CC1CCN(C(=O)C2CCCCC2(C)C)C1CO. The van der Waals surface area contributed by atoms with Gasteiger partial charge in [-0.3, -0.25) is 4.79 Å². The van der Waals surface area contributed by atoms with E-state index in [4.69, 9.17) is 0 Å². The Bertz CT molecular complexity index is 314. The molecule has 2 rings (SSSR count). The van der Waals surface area contributed by atoms with Crippen LogP contribution >= 0.6 is 0 Å². The standard InChI is InChI=1S/C15H27NO2/c1-11-7-9-16(13(11)10-17)14(18)12-6-4-5-8-15(12,2)3/h11-13,17H,4-10H2,1-3H3. The lowest BCUT2D eigenvalue weighted by molar-refractivity contribution is -0.143. The van der Waals surface area contributed by atoms with E-state index in [2.05, 4.69) is 20.8 Å². The zero-order valence-corrected chi connectivity index (χ0v) is 12.0. The van der Waals surface area contributed by atoms with E-state index in [9.17, 15) is 9.90 Å². The fourth-order valence-corrected chi connectivity index (χ4v) is 3.71. The van der Waals surface area contributed by atoms with Crippen LogP contribution in [-0.4, -0.2) is 35.1 Å². The number of carbonyl (C=O) groups is 1. The van der Waals surface area contributed by atoms with E-state index in [0.29, 0.717) is 11.8 Å². The van der Waals surface area contributed by atoms with Gasteiger partial charge >= 0.3 is 0 Å². The van der Waals surface area contributed by atoms with E-state index in [1.807, 2.05) is 4.90 Å². The molecule has 1 saturated heterocycles. The molecule has 1 N–H and O–H groups in total. The van der Waals surface area contributed by atoms with E-state index in [1.54, 1.807) is 0 Å². The number of nitrogens with zero attached hydrogens (tertiary/aromatic N) is 1. The molecule has 18 heavy (non-hydrogen) atoms. The molecule has 1 heterocycles. The van der Waals surface area contributed by atoms with Gasteiger partial charge in [0.15, 0.2) is 0 Å². The Morgan fingerprint density at radius 3 is 2.67 bits per heavy atom. The second-order valence-corrected chi connectivity index (χ2v) is 6.83. The minimum absolute atomic E-state index is 0.0511. The first kappa shape index (κ1) is 13.9. The average Bonchev–Trinajstić information content (AvgIpc) is 2.69. The Balaban J connectivity index is 2.11. The highest BCUT2D eigenvalue weighted by Crippen LogP contribution is 2.42. The predicted octanol–water partition coefficient (Wildman–Crippen LogP) is 2.43. The third kappa shape index (κ3) is 2.42. The van der Waals surface area contributed by atoms with Crippen molar-refractivity contribution in [3.8, 4) is 0 Å². The van der Waals surface area contributed by atoms with Gasteiger partial charge in [-0.1, -0.05) is 33.6 Å². The summed E-state index contributed by atoms with van der Waals surface area (Å²) in [4.78, 5) is 14.7. The van der Waals surface area contributed by atoms with E-state index in [-0.39, 0.29) is 24.0 Å². The molecule has 0 aromatic heterocycles. The van der Waals surface area contributed by atoms with Crippen molar-refractivity contribution in [3.63, 3.8) is 0 Å². The van der Waals surface area contributed by atoms with Crippen molar-refractivity contribution in [3.05, 3.63) is 0 Å². The van der Waals surface area contributed by atoms with Gasteiger partial charge in [0.2, 0.25) is 5.91 Å². The Morgan fingerprint density at radius 2 is 2.06 bits per heavy atom. The van der Waals surface area contributed by atoms with Crippen LogP contribution in [0.2, 0.25) is 0 Å². The lowest BCUT2D eigenvalue weighted by Crippen LogP contribution is -2.47. The van der Waals surface area contributed by atoms with Crippen molar-refractivity contribution >= 4 is 5.91 Å². The fourth-order valence-electron chi connectivity index (χ4n) is 3.71. The first-order chi connectivity index (χ1) is 8.47. The lowest BCUT2D eigenvalue weighted by Gasteiger charge is -2.40. The highest BCUT2D eigenvalue weighted by molar-refractivity contribution is 5.80. The Labute approximate surface area is 111 Å². The molecule has 3 heteroatoms. The van der Waals surface area contributed by atoms with Crippen LogP contribution in [0.4, 0.5) is 0 Å². The quantitative estimate of drug-likeness (QED) is 0.821. The summed E-state index contributed by atoms with van der Waals surface area (Å²) in [6.45, 7) is 7.53. The zero-order valence-electron chi connectivity index (χ0n) is 12.0. The smallest absolute Gasteiger partial charge is 0.226 e. The Morgan fingerprint density at radius 1 is 1.33 bits per heavy atom. The largest absolute Gasteiger partial charge is 0.394 e. The summed E-state index contributed by atoms with van der Waals surface area (Å²) in [5.41, 5.74) is 0.126. The van der Waals surface area contributed by atoms with Gasteiger partial charge in [-0.2, -0.15) is 0 Å². The number of amides is 1. The molecule has 1 amide bonds. The average molecular weight is 253 g/mol. The first-order valence-corrected chi connectivity index (χ1v) is 7.38. The Hall–Kier alpha value is -0.570. The molecule has 0 bridgehead atoms. The fraction of sp³-hybridized carbons (Fsp3) is 0.933. The number of hydrogen-bond donors (Lipinski definition) is 1. The molecule has 1 aliphatic carbocycles. The molecule has 3 nitrogen and oxygen atoms in total. The van der Waals surface area contributed by atoms with Gasteiger partial charge in [-0.15, -0.1) is 0 Å². The minimum Gasteiger partial charge on any atom is -0.394 e. The molecule has 104 valence electrons. The monoisotopic (exact) mass is 253 g/mol. The highest BCUT2D eigenvalue weighted by Gasteiger charge is 2.43. The van der Waals surface area contributed by atoms with Crippen LogP contribution in [0.3, 0.4) is 0 Å². The summed E-state index contributed by atoms with van der Waals surface area (Å²) in [7, 11) is 0. The number of aliphatic hydroxyl groups is 1. The second kappa shape index (κ2) is 5.20. The molecule has 3 atom stereocenters. The summed E-state index contributed by atoms with van der Waals surface area (Å²) < 4.78 is 0. The van der Waals surface area contributed by atoms with E-state index in [0.717, 1.165) is 25.8 Å². The van der Waals surface area contributed by atoms with Gasteiger partial charge < -0.3 is 10.0 Å². The number of aliphatic hydroxyl groups excluding tert-OH is 1. The van der Waals surface area contributed by atoms with E-state index >= 15 is 0 Å². The van der Waals surface area contributed by atoms with Gasteiger partial charge in [-0.05, 0) is 30.6 Å². The van der Waals surface area contributed by atoms with Crippen LogP contribution in [0.5, 0.6) is 0 Å². The maximum atomic E-state index is 12.7. The molecule has 0 spiro atoms. The van der Waals surface area contributed by atoms with Crippen molar-refractivity contribution in [2.45, 2.75) is 58.9 Å². The Kier molecular flexibility index (Phi) is 4.00. The molecular weight excluding hydrogens is 226 g/mol. The molecule has 0 aromatic rings. The summed E-state index contributed by atoms with van der Waals surface area (Å²) in [6.07, 6.45) is 5.62. The number of carbonyl (C=O) groups excluding carboxylic acids is 1. The van der Waals surface area contributed by atoms with Crippen LogP contribution in [-0.2, 0) is 4.79 Å². The molecular formula is C15H27NO2. The van der Waals surface area contributed by atoms with Crippen molar-refractivity contribution in [2.75, 3.05) is 13.2 Å². The van der Waals surface area contributed by atoms with Gasteiger partial charge in [0.25, 0.3) is 0 Å². The van der Waals surface area contributed by atoms with Crippen LogP contribution in [0.1, 0.15) is 52.9 Å². The predicted molar refractivity (Wildman–Crippen MR) is 72.1 cm³/mol.